The van der Waals surface area contributed by atoms with Crippen LogP contribution in [0.4, 0.5) is 9.52 Å². The normalized spacial score (nSPS) is 11.3. The zero-order valence-corrected chi connectivity index (χ0v) is 20.0. The van der Waals surface area contributed by atoms with E-state index in [2.05, 4.69) is 4.98 Å². The molecular weight excluding hydrogens is 467 g/mol. The number of sulfone groups is 1. The molecule has 3 rings (SSSR count). The van der Waals surface area contributed by atoms with Gasteiger partial charge < -0.3 is 4.74 Å². The summed E-state index contributed by atoms with van der Waals surface area (Å²) in [5, 5.41) is 0.273. The summed E-state index contributed by atoms with van der Waals surface area (Å²) in [6, 6.07) is 11.3. The number of hydrogen-bond acceptors (Lipinski definition) is 7. The van der Waals surface area contributed by atoms with Crippen molar-refractivity contribution in [2.24, 2.45) is 0 Å². The van der Waals surface area contributed by atoms with Crippen molar-refractivity contribution in [3.8, 4) is 0 Å². The Morgan fingerprint density at radius 2 is 1.70 bits per heavy atom. The predicted molar refractivity (Wildman–Crippen MR) is 124 cm³/mol. The van der Waals surface area contributed by atoms with Crippen LogP contribution in [-0.4, -0.2) is 37.6 Å². The van der Waals surface area contributed by atoms with Gasteiger partial charge in [0.15, 0.2) is 15.0 Å². The SMILES string of the molecule is CCOC(=O)c1sc(N(Cc2ccc(F)cc2)C(=O)c2ccc(S(=O)(=O)CC)cc2)nc1C. The molecule has 0 fully saturated rings. The van der Waals surface area contributed by atoms with E-state index in [-0.39, 0.29) is 39.4 Å². The average molecular weight is 491 g/mol. The van der Waals surface area contributed by atoms with Gasteiger partial charge in [-0.1, -0.05) is 30.4 Å². The van der Waals surface area contributed by atoms with E-state index in [0.29, 0.717) is 11.3 Å². The van der Waals surface area contributed by atoms with Gasteiger partial charge in [-0.2, -0.15) is 0 Å². The van der Waals surface area contributed by atoms with E-state index in [1.165, 1.54) is 41.3 Å². The highest BCUT2D eigenvalue weighted by molar-refractivity contribution is 7.91. The smallest absolute Gasteiger partial charge is 0.350 e. The fourth-order valence-electron chi connectivity index (χ4n) is 3.01. The third-order valence-electron chi connectivity index (χ3n) is 4.82. The van der Waals surface area contributed by atoms with Gasteiger partial charge in [-0.3, -0.25) is 9.69 Å². The average Bonchev–Trinajstić information content (AvgIpc) is 3.20. The van der Waals surface area contributed by atoms with Gasteiger partial charge in [-0.15, -0.1) is 0 Å². The van der Waals surface area contributed by atoms with Gasteiger partial charge in [0, 0.05) is 5.56 Å². The van der Waals surface area contributed by atoms with Gasteiger partial charge in [-0.25, -0.2) is 22.6 Å². The number of ether oxygens (including phenoxy) is 1. The molecule has 0 bridgehead atoms. The Hall–Kier alpha value is -3.11. The highest BCUT2D eigenvalue weighted by atomic mass is 32.2. The molecule has 0 aliphatic rings. The number of rotatable bonds is 8. The number of aromatic nitrogens is 1. The zero-order chi connectivity index (χ0) is 24.2. The van der Waals surface area contributed by atoms with Crippen molar-refractivity contribution in [2.75, 3.05) is 17.3 Å². The molecule has 0 spiro atoms. The van der Waals surface area contributed by atoms with Crippen molar-refractivity contribution in [2.45, 2.75) is 32.2 Å². The van der Waals surface area contributed by atoms with Crippen LogP contribution >= 0.6 is 11.3 Å². The van der Waals surface area contributed by atoms with Crippen molar-refractivity contribution >= 4 is 38.2 Å². The molecule has 0 atom stereocenters. The van der Waals surface area contributed by atoms with Gasteiger partial charge >= 0.3 is 5.97 Å². The van der Waals surface area contributed by atoms with E-state index in [0.717, 1.165) is 11.3 Å². The fraction of sp³-hybridized carbons (Fsp3) is 0.261. The number of carbonyl (C=O) groups is 2. The lowest BCUT2D eigenvalue weighted by Crippen LogP contribution is -2.30. The van der Waals surface area contributed by atoms with E-state index in [9.17, 15) is 22.4 Å². The third-order valence-corrected chi connectivity index (χ3v) is 7.73. The number of carbonyl (C=O) groups excluding carboxylic acids is 2. The number of thiazole rings is 1. The number of aryl methyl sites for hydroxylation is 1. The maximum Gasteiger partial charge on any atom is 0.350 e. The number of halogens is 1. The minimum absolute atomic E-state index is 0.0496. The fourth-order valence-corrected chi connectivity index (χ4v) is 4.85. The number of hydrogen-bond donors (Lipinski definition) is 0. The maximum atomic E-state index is 13.4. The number of benzene rings is 2. The summed E-state index contributed by atoms with van der Waals surface area (Å²) in [6.07, 6.45) is 0. The van der Waals surface area contributed by atoms with Crippen LogP contribution in [0.2, 0.25) is 0 Å². The second kappa shape index (κ2) is 10.2. The molecule has 0 aliphatic carbocycles. The lowest BCUT2D eigenvalue weighted by Gasteiger charge is -2.20. The molecule has 0 saturated heterocycles. The van der Waals surface area contributed by atoms with E-state index < -0.39 is 27.5 Å². The van der Waals surface area contributed by atoms with Crippen LogP contribution in [0.5, 0.6) is 0 Å². The van der Waals surface area contributed by atoms with Gasteiger partial charge in [0.25, 0.3) is 5.91 Å². The Kier molecular flexibility index (Phi) is 7.60. The highest BCUT2D eigenvalue weighted by Gasteiger charge is 2.25. The molecule has 174 valence electrons. The van der Waals surface area contributed by atoms with E-state index >= 15 is 0 Å². The summed E-state index contributed by atoms with van der Waals surface area (Å²) in [5.41, 5.74) is 1.33. The summed E-state index contributed by atoms with van der Waals surface area (Å²) >= 11 is 1.02. The molecule has 2 aromatic carbocycles. The summed E-state index contributed by atoms with van der Waals surface area (Å²) in [6.45, 7) is 5.17. The summed E-state index contributed by atoms with van der Waals surface area (Å²) in [4.78, 5) is 31.8. The Morgan fingerprint density at radius 1 is 1.06 bits per heavy atom. The van der Waals surface area contributed by atoms with Crippen LogP contribution in [0, 0.1) is 12.7 Å². The van der Waals surface area contributed by atoms with Crippen LogP contribution in [0.25, 0.3) is 0 Å². The topological polar surface area (TPSA) is 93.6 Å². The molecule has 1 amide bonds. The van der Waals surface area contributed by atoms with E-state index in [1.54, 1.807) is 32.9 Å². The van der Waals surface area contributed by atoms with Crippen LogP contribution in [0.3, 0.4) is 0 Å². The minimum atomic E-state index is -3.41. The van der Waals surface area contributed by atoms with Crippen LogP contribution in [-0.2, 0) is 21.1 Å². The first-order valence-electron chi connectivity index (χ1n) is 10.2. The second-order valence-corrected chi connectivity index (χ2v) is 10.3. The molecule has 0 unspecified atom stereocenters. The monoisotopic (exact) mass is 490 g/mol. The Labute approximate surface area is 195 Å². The first-order valence-corrected chi connectivity index (χ1v) is 12.7. The van der Waals surface area contributed by atoms with E-state index in [1.807, 2.05) is 0 Å². The lowest BCUT2D eigenvalue weighted by atomic mass is 10.1. The molecule has 0 saturated carbocycles. The molecule has 1 heterocycles. The molecule has 10 heteroatoms. The first kappa shape index (κ1) is 24.5. The Balaban J connectivity index is 2.00. The molecule has 0 aliphatic heterocycles. The molecule has 0 radical (unpaired) electrons. The number of anilines is 1. The van der Waals surface area contributed by atoms with Crippen molar-refractivity contribution in [3.05, 3.63) is 76.0 Å². The first-order chi connectivity index (χ1) is 15.7. The van der Waals surface area contributed by atoms with Crippen LogP contribution in [0.15, 0.2) is 53.4 Å². The van der Waals surface area contributed by atoms with E-state index in [4.69, 9.17) is 4.74 Å². The standard InChI is InChI=1S/C23H23FN2O5S2/c1-4-31-22(28)20-15(3)25-23(32-20)26(14-16-6-10-18(24)11-7-16)21(27)17-8-12-19(13-9-17)33(29,30)5-2/h6-13H,4-5,14H2,1-3H3. The number of esters is 1. The van der Waals surface area contributed by atoms with Crippen molar-refractivity contribution in [1.82, 2.24) is 4.98 Å². The maximum absolute atomic E-state index is 13.4. The quantitative estimate of drug-likeness (QED) is 0.434. The third kappa shape index (κ3) is 5.63. The van der Waals surface area contributed by atoms with Crippen molar-refractivity contribution in [3.63, 3.8) is 0 Å². The lowest BCUT2D eigenvalue weighted by molar-refractivity contribution is 0.0531. The minimum Gasteiger partial charge on any atom is -0.462 e. The van der Waals surface area contributed by atoms with Crippen molar-refractivity contribution < 1.29 is 27.1 Å². The van der Waals surface area contributed by atoms with Gasteiger partial charge in [0.2, 0.25) is 0 Å². The summed E-state index contributed by atoms with van der Waals surface area (Å²) in [5.74, 6) is -1.42. The van der Waals surface area contributed by atoms with Crippen LogP contribution < -0.4 is 4.90 Å². The summed E-state index contributed by atoms with van der Waals surface area (Å²) < 4.78 is 42.6. The number of nitrogens with zero attached hydrogens (tertiary/aromatic N) is 2. The van der Waals surface area contributed by atoms with Gasteiger partial charge in [0.1, 0.15) is 10.7 Å². The highest BCUT2D eigenvalue weighted by Crippen LogP contribution is 2.29. The largest absolute Gasteiger partial charge is 0.462 e. The molecule has 3 aromatic rings. The van der Waals surface area contributed by atoms with Crippen LogP contribution in [0.1, 0.15) is 45.1 Å². The Morgan fingerprint density at radius 3 is 2.27 bits per heavy atom. The number of amides is 1. The summed E-state index contributed by atoms with van der Waals surface area (Å²) in [7, 11) is -3.41. The second-order valence-electron chi connectivity index (χ2n) is 7.08. The van der Waals surface area contributed by atoms with Crippen molar-refractivity contribution in [1.29, 1.82) is 0 Å². The zero-order valence-electron chi connectivity index (χ0n) is 18.4. The Bertz CT molecular complexity index is 1250. The molecule has 7 nitrogen and oxygen atoms in total. The molecule has 0 N–H and O–H groups in total. The molecule has 33 heavy (non-hydrogen) atoms. The van der Waals surface area contributed by atoms with Gasteiger partial charge in [0.05, 0.1) is 29.5 Å². The molecule has 1 aromatic heterocycles. The molecular formula is C23H23FN2O5S2. The van der Waals surface area contributed by atoms with Gasteiger partial charge in [-0.05, 0) is 55.8 Å². The predicted octanol–water partition coefficient (Wildman–Crippen LogP) is 4.41.